The van der Waals surface area contributed by atoms with Gasteiger partial charge in [-0.2, -0.15) is 21.9 Å². The molecule has 0 aliphatic rings. The number of hydrogen-bond donors (Lipinski definition) is 0. The smallest absolute Gasteiger partial charge is 0.267 e. The highest BCUT2D eigenvalue weighted by Crippen LogP contribution is 2.10. The van der Waals surface area contributed by atoms with E-state index in [4.69, 9.17) is 0 Å². The molecule has 0 spiro atoms. The van der Waals surface area contributed by atoms with Gasteiger partial charge in [0.1, 0.15) is 16.8 Å². The molecule has 0 bridgehead atoms. The molecule has 4 nitrogen and oxygen atoms in total. The fraction of sp³-hybridized carbons (Fsp3) is 0.0556. The van der Waals surface area contributed by atoms with Gasteiger partial charge in [0.15, 0.2) is 5.57 Å². The van der Waals surface area contributed by atoms with Crippen molar-refractivity contribution >= 4 is 34.3 Å². The van der Waals surface area contributed by atoms with Crippen molar-refractivity contribution in [3.8, 4) is 17.8 Å². The van der Waals surface area contributed by atoms with Gasteiger partial charge in [-0.15, -0.1) is 11.3 Å². The van der Waals surface area contributed by atoms with E-state index in [0.717, 1.165) is 22.5 Å². The van der Waals surface area contributed by atoms with Gasteiger partial charge in [-0.05, 0) is 47.0 Å². The maximum atomic E-state index is 12.9. The number of aryl methyl sites for hydroxylation is 1. The van der Waals surface area contributed by atoms with Gasteiger partial charge < -0.3 is 0 Å². The van der Waals surface area contributed by atoms with Crippen molar-refractivity contribution in [2.45, 2.75) is 6.92 Å². The van der Waals surface area contributed by atoms with E-state index in [9.17, 15) is 15.3 Å². The number of thiophene rings is 1. The Hall–Kier alpha value is -2.93. The molecule has 0 unspecified atom stereocenters. The second kappa shape index (κ2) is 6.67. The van der Waals surface area contributed by atoms with Gasteiger partial charge in [-0.1, -0.05) is 18.2 Å². The van der Waals surface area contributed by atoms with Gasteiger partial charge in [-0.3, -0.25) is 9.36 Å². The summed E-state index contributed by atoms with van der Waals surface area (Å²) >= 11 is 2.71. The molecule has 1 aromatic carbocycles. The summed E-state index contributed by atoms with van der Waals surface area (Å²) in [5.74, 6) is 0. The molecule has 0 saturated carbocycles. The fourth-order valence-corrected chi connectivity index (χ4v) is 3.98. The quantitative estimate of drug-likeness (QED) is 0.713. The second-order valence-corrected chi connectivity index (χ2v) is 6.81. The maximum Gasteiger partial charge on any atom is 0.273 e. The monoisotopic (exact) mass is 349 g/mol. The van der Waals surface area contributed by atoms with Crippen LogP contribution in [0.3, 0.4) is 0 Å². The Morgan fingerprint density at radius 3 is 2.58 bits per heavy atom. The van der Waals surface area contributed by atoms with E-state index in [1.54, 1.807) is 17.4 Å². The molecule has 3 aromatic rings. The van der Waals surface area contributed by atoms with Gasteiger partial charge in [0, 0.05) is 0 Å². The minimum absolute atomic E-state index is 0.0645. The molecule has 0 N–H and O–H groups in total. The van der Waals surface area contributed by atoms with Crippen LogP contribution in [0, 0.1) is 29.6 Å². The minimum atomic E-state index is -0.224. The molecule has 0 amide bonds. The first kappa shape index (κ1) is 15.9. The molecule has 0 saturated heterocycles. The van der Waals surface area contributed by atoms with Crippen LogP contribution < -0.4 is 14.8 Å². The van der Waals surface area contributed by atoms with Gasteiger partial charge >= 0.3 is 0 Å². The number of hydrogen-bond acceptors (Lipinski definition) is 5. The Kier molecular flexibility index (Phi) is 4.43. The molecular weight excluding hydrogens is 338 g/mol. The first-order valence-electron chi connectivity index (χ1n) is 7.02. The highest BCUT2D eigenvalue weighted by atomic mass is 32.1. The van der Waals surface area contributed by atoms with Crippen LogP contribution >= 0.6 is 22.7 Å². The Morgan fingerprint density at radius 2 is 1.96 bits per heavy atom. The van der Waals surface area contributed by atoms with Crippen molar-refractivity contribution < 1.29 is 0 Å². The predicted octanol–water partition coefficient (Wildman–Crippen LogP) is 2.30. The van der Waals surface area contributed by atoms with Crippen LogP contribution in [0.5, 0.6) is 0 Å². The Labute approximate surface area is 146 Å². The molecule has 24 heavy (non-hydrogen) atoms. The predicted molar refractivity (Wildman–Crippen MR) is 96.4 cm³/mol. The SMILES string of the molecule is Cc1ccccc1-n1c(=C(C#N)C#N)s/c(=C/c2ccsc2)c1=O. The molecule has 3 rings (SSSR count). The molecule has 116 valence electrons. The lowest BCUT2D eigenvalue weighted by Crippen LogP contribution is -2.31. The standard InChI is InChI=1S/C18H11N3OS2/c1-12-4-2-3-5-15(12)21-17(22)16(8-13-6-7-23-11-13)24-18(21)14(9-19)10-20/h2-8,11H,1H3/b16-8+. The van der Waals surface area contributed by atoms with Crippen molar-refractivity contribution in [1.82, 2.24) is 4.57 Å². The molecule has 2 heterocycles. The number of nitriles is 2. The zero-order chi connectivity index (χ0) is 17.1. The summed E-state index contributed by atoms with van der Waals surface area (Å²) in [4.78, 5) is 12.9. The maximum absolute atomic E-state index is 12.9. The largest absolute Gasteiger partial charge is 0.273 e. The normalized spacial score (nSPS) is 11.0. The lowest BCUT2D eigenvalue weighted by atomic mass is 10.2. The number of aromatic nitrogens is 1. The minimum Gasteiger partial charge on any atom is -0.267 e. The number of thiazole rings is 1. The number of nitrogens with zero attached hydrogens (tertiary/aromatic N) is 3. The first-order chi connectivity index (χ1) is 11.7. The van der Waals surface area contributed by atoms with Crippen molar-refractivity contribution in [3.63, 3.8) is 0 Å². The molecule has 0 aliphatic carbocycles. The van der Waals surface area contributed by atoms with Crippen LogP contribution in [0.25, 0.3) is 17.3 Å². The van der Waals surface area contributed by atoms with Crippen LogP contribution in [0.2, 0.25) is 0 Å². The van der Waals surface area contributed by atoms with E-state index in [1.165, 1.54) is 4.57 Å². The molecule has 0 atom stereocenters. The summed E-state index contributed by atoms with van der Waals surface area (Å²) in [5, 5.41) is 22.4. The summed E-state index contributed by atoms with van der Waals surface area (Å²) in [6.45, 7) is 1.89. The van der Waals surface area contributed by atoms with Crippen LogP contribution in [-0.4, -0.2) is 4.57 Å². The van der Waals surface area contributed by atoms with E-state index in [0.29, 0.717) is 14.9 Å². The number of para-hydroxylation sites is 1. The van der Waals surface area contributed by atoms with E-state index in [1.807, 2.05) is 60.2 Å². The van der Waals surface area contributed by atoms with Crippen molar-refractivity contribution in [2.24, 2.45) is 0 Å². The highest BCUT2D eigenvalue weighted by Gasteiger charge is 2.12. The second-order valence-electron chi connectivity index (χ2n) is 5.00. The van der Waals surface area contributed by atoms with Crippen LogP contribution in [0.1, 0.15) is 11.1 Å². The molecular formula is C18H11N3OS2. The third-order valence-corrected chi connectivity index (χ3v) is 5.25. The highest BCUT2D eigenvalue weighted by molar-refractivity contribution is 7.08. The van der Waals surface area contributed by atoms with Crippen molar-refractivity contribution in [1.29, 1.82) is 10.5 Å². The van der Waals surface area contributed by atoms with Crippen molar-refractivity contribution in [2.75, 3.05) is 0 Å². The zero-order valence-electron chi connectivity index (χ0n) is 12.7. The Balaban J connectivity index is 2.46. The summed E-state index contributed by atoms with van der Waals surface area (Å²) in [6, 6.07) is 13.1. The van der Waals surface area contributed by atoms with Gasteiger partial charge in [0.05, 0.1) is 10.2 Å². The lowest BCUT2D eigenvalue weighted by molar-refractivity contribution is 0.975. The van der Waals surface area contributed by atoms with Crippen LogP contribution in [0.4, 0.5) is 0 Å². The van der Waals surface area contributed by atoms with E-state index < -0.39 is 0 Å². The van der Waals surface area contributed by atoms with Crippen LogP contribution in [0.15, 0.2) is 45.9 Å². The average molecular weight is 349 g/mol. The average Bonchev–Trinajstić information content (AvgIpc) is 3.19. The topological polar surface area (TPSA) is 69.6 Å². The summed E-state index contributed by atoms with van der Waals surface area (Å²) in [6.07, 6.45) is 1.79. The van der Waals surface area contributed by atoms with Gasteiger partial charge in [-0.25, -0.2) is 0 Å². The fourth-order valence-electron chi connectivity index (χ4n) is 2.31. The number of benzene rings is 1. The Morgan fingerprint density at radius 1 is 1.21 bits per heavy atom. The molecule has 0 radical (unpaired) electrons. The number of rotatable bonds is 2. The van der Waals surface area contributed by atoms with Crippen molar-refractivity contribution in [3.05, 3.63) is 71.8 Å². The molecule has 6 heteroatoms. The zero-order valence-corrected chi connectivity index (χ0v) is 14.3. The molecule has 0 aliphatic heterocycles. The Bertz CT molecular complexity index is 1140. The van der Waals surface area contributed by atoms with E-state index >= 15 is 0 Å². The van der Waals surface area contributed by atoms with Crippen LogP contribution in [-0.2, 0) is 0 Å². The molecule has 0 fully saturated rings. The van der Waals surface area contributed by atoms with Gasteiger partial charge in [0.25, 0.3) is 5.56 Å². The third-order valence-electron chi connectivity index (χ3n) is 3.46. The summed E-state index contributed by atoms with van der Waals surface area (Å²) in [5.41, 5.74) is 2.22. The first-order valence-corrected chi connectivity index (χ1v) is 8.78. The summed E-state index contributed by atoms with van der Waals surface area (Å²) < 4.78 is 2.32. The van der Waals surface area contributed by atoms with E-state index in [-0.39, 0.29) is 11.1 Å². The third kappa shape index (κ3) is 2.81. The molecule has 2 aromatic heterocycles. The van der Waals surface area contributed by atoms with E-state index in [2.05, 4.69) is 0 Å². The lowest BCUT2D eigenvalue weighted by Gasteiger charge is -2.05. The summed E-state index contributed by atoms with van der Waals surface area (Å²) in [7, 11) is 0. The van der Waals surface area contributed by atoms with Gasteiger partial charge in [0.2, 0.25) is 0 Å².